The van der Waals surface area contributed by atoms with E-state index in [4.69, 9.17) is 21.4 Å². The summed E-state index contributed by atoms with van der Waals surface area (Å²) in [5, 5.41) is 10.2. The summed E-state index contributed by atoms with van der Waals surface area (Å²) in [6, 6.07) is 15.4. The summed E-state index contributed by atoms with van der Waals surface area (Å²) in [5.74, 6) is 0.150. The number of rotatable bonds is 5. The molecule has 0 amide bonds. The number of carbonyl (C=O) groups is 2. The second-order valence-electron chi connectivity index (χ2n) is 7.36. The van der Waals surface area contributed by atoms with Gasteiger partial charge in [0.15, 0.2) is 0 Å². The molecule has 1 saturated heterocycles. The third-order valence-electron chi connectivity index (χ3n) is 5.11. The van der Waals surface area contributed by atoms with Gasteiger partial charge in [-0.2, -0.15) is 13.2 Å². The fourth-order valence-electron chi connectivity index (χ4n) is 3.67. The number of para-hydroxylation sites is 2. The minimum absolute atomic E-state index is 0.418. The van der Waals surface area contributed by atoms with Crippen LogP contribution in [0.4, 0.5) is 13.2 Å². The van der Waals surface area contributed by atoms with Crippen LogP contribution in [-0.4, -0.2) is 50.6 Å². The van der Waals surface area contributed by atoms with Crippen molar-refractivity contribution in [2.45, 2.75) is 38.1 Å². The highest BCUT2D eigenvalue weighted by molar-refractivity contribution is 6.30. The van der Waals surface area contributed by atoms with E-state index in [1.807, 2.05) is 47.4 Å². The van der Waals surface area contributed by atoms with Crippen LogP contribution in [0.5, 0.6) is 0 Å². The van der Waals surface area contributed by atoms with Crippen molar-refractivity contribution in [1.82, 2.24) is 14.5 Å². The van der Waals surface area contributed by atoms with E-state index in [1.165, 1.54) is 0 Å². The zero-order chi connectivity index (χ0) is 23.3. The second kappa shape index (κ2) is 10.1. The van der Waals surface area contributed by atoms with Gasteiger partial charge in [-0.05, 0) is 49.2 Å². The number of fused-ring (bicyclic) bond motifs is 1. The summed E-state index contributed by atoms with van der Waals surface area (Å²) >= 11 is 6.00. The first-order valence-electron chi connectivity index (χ1n) is 9.86. The number of alkyl halides is 3. The van der Waals surface area contributed by atoms with Crippen molar-refractivity contribution in [3.63, 3.8) is 0 Å². The standard InChI is InChI=1S/C20H20ClN3O2.C2HF3O/c21-15-9-7-14(8-10-15)12-24-17-5-2-1-4-16(17)22-19(24)13-23-11-3-6-18(23)20(25)26;3-2(4,5)1-6/h1-2,4-5,7-10,18H,3,6,11-13H2,(H,25,26);1H. The van der Waals surface area contributed by atoms with E-state index in [0.29, 0.717) is 24.5 Å². The van der Waals surface area contributed by atoms with Gasteiger partial charge in [0, 0.05) is 11.6 Å². The molecular weight excluding hydrogens is 447 g/mol. The van der Waals surface area contributed by atoms with Gasteiger partial charge in [-0.15, -0.1) is 0 Å². The highest BCUT2D eigenvalue weighted by Gasteiger charge is 2.31. The van der Waals surface area contributed by atoms with Gasteiger partial charge in [0.05, 0.1) is 17.6 Å². The lowest BCUT2D eigenvalue weighted by Gasteiger charge is -2.21. The first-order valence-corrected chi connectivity index (χ1v) is 10.2. The highest BCUT2D eigenvalue weighted by Crippen LogP contribution is 2.24. The van der Waals surface area contributed by atoms with Crippen LogP contribution in [0, 0.1) is 0 Å². The Morgan fingerprint density at radius 1 is 1.16 bits per heavy atom. The Morgan fingerprint density at radius 2 is 1.81 bits per heavy atom. The number of carbonyl (C=O) groups excluding carboxylic acids is 1. The number of carboxylic acid groups (broad SMARTS) is 1. The number of hydrogen-bond donors (Lipinski definition) is 1. The molecule has 170 valence electrons. The predicted molar refractivity (Wildman–Crippen MR) is 113 cm³/mol. The molecule has 1 aromatic heterocycles. The average Bonchev–Trinajstić information content (AvgIpc) is 3.35. The monoisotopic (exact) mass is 467 g/mol. The zero-order valence-electron chi connectivity index (χ0n) is 16.9. The summed E-state index contributed by atoms with van der Waals surface area (Å²) in [5.41, 5.74) is 3.13. The number of aliphatic carboxylic acids is 1. The third kappa shape index (κ3) is 6.08. The summed E-state index contributed by atoms with van der Waals surface area (Å²) in [6.07, 6.45) is -4.09. The maximum Gasteiger partial charge on any atom is 0.446 e. The molecule has 1 N–H and O–H groups in total. The van der Waals surface area contributed by atoms with Crippen molar-refractivity contribution >= 4 is 34.9 Å². The van der Waals surface area contributed by atoms with Crippen LogP contribution < -0.4 is 0 Å². The number of hydrogen-bond acceptors (Lipinski definition) is 4. The smallest absolute Gasteiger partial charge is 0.446 e. The molecule has 4 rings (SSSR count). The third-order valence-corrected chi connectivity index (χ3v) is 5.37. The molecule has 32 heavy (non-hydrogen) atoms. The molecule has 1 aliphatic rings. The predicted octanol–water partition coefficient (Wildman–Crippen LogP) is 4.53. The van der Waals surface area contributed by atoms with Gasteiger partial charge >= 0.3 is 12.1 Å². The fourth-order valence-corrected chi connectivity index (χ4v) is 3.80. The number of nitrogens with zero attached hydrogens (tertiary/aromatic N) is 3. The molecule has 1 fully saturated rings. The summed E-state index contributed by atoms with van der Waals surface area (Å²) in [4.78, 5) is 27.0. The van der Waals surface area contributed by atoms with Gasteiger partial charge < -0.3 is 9.67 Å². The Bertz CT molecular complexity index is 1080. The number of aldehydes is 1. The van der Waals surface area contributed by atoms with Gasteiger partial charge in [0.2, 0.25) is 6.29 Å². The Kier molecular flexibility index (Phi) is 7.52. The normalized spacial score (nSPS) is 16.6. The molecule has 10 heteroatoms. The molecule has 0 aliphatic carbocycles. The van der Waals surface area contributed by atoms with E-state index < -0.39 is 24.5 Å². The van der Waals surface area contributed by atoms with Crippen LogP contribution >= 0.6 is 11.6 Å². The minimum atomic E-state index is -4.64. The molecule has 3 aromatic rings. The summed E-state index contributed by atoms with van der Waals surface area (Å²) in [7, 11) is 0. The lowest BCUT2D eigenvalue weighted by atomic mass is 10.2. The molecule has 2 aromatic carbocycles. The molecule has 2 heterocycles. The van der Waals surface area contributed by atoms with E-state index in [0.717, 1.165) is 35.4 Å². The van der Waals surface area contributed by atoms with Gasteiger partial charge in [0.25, 0.3) is 0 Å². The zero-order valence-corrected chi connectivity index (χ0v) is 17.7. The van der Waals surface area contributed by atoms with Crippen LogP contribution in [0.1, 0.15) is 24.2 Å². The summed E-state index contributed by atoms with van der Waals surface area (Å²) < 4.78 is 33.4. The maximum atomic E-state index is 11.5. The Labute approximate surface area is 187 Å². The molecule has 1 aliphatic heterocycles. The first-order chi connectivity index (χ1) is 15.2. The number of aromatic nitrogens is 2. The SMILES string of the molecule is O=C(O)C1CCCN1Cc1nc2ccccc2n1Cc1ccc(Cl)cc1.O=CC(F)(F)F. The Morgan fingerprint density at radius 3 is 2.44 bits per heavy atom. The number of imidazole rings is 1. The van der Waals surface area contributed by atoms with E-state index in [-0.39, 0.29) is 0 Å². The Hall–Kier alpha value is -2.91. The van der Waals surface area contributed by atoms with Crippen LogP contribution in [0.15, 0.2) is 48.5 Å². The first kappa shape index (κ1) is 23.7. The molecule has 0 bridgehead atoms. The van der Waals surface area contributed by atoms with Crippen molar-refractivity contribution < 1.29 is 27.9 Å². The quantitative estimate of drug-likeness (QED) is 0.558. The van der Waals surface area contributed by atoms with Gasteiger partial charge in [-0.3, -0.25) is 14.5 Å². The highest BCUT2D eigenvalue weighted by atomic mass is 35.5. The summed E-state index contributed by atoms with van der Waals surface area (Å²) in [6.45, 7) is 2.01. The van der Waals surface area contributed by atoms with Gasteiger partial charge in [-0.25, -0.2) is 4.98 Å². The van der Waals surface area contributed by atoms with Crippen molar-refractivity contribution in [3.05, 3.63) is 64.9 Å². The molecule has 0 saturated carbocycles. The van der Waals surface area contributed by atoms with E-state index in [9.17, 15) is 23.1 Å². The van der Waals surface area contributed by atoms with E-state index >= 15 is 0 Å². The van der Waals surface area contributed by atoms with E-state index in [1.54, 1.807) is 0 Å². The molecule has 6 nitrogen and oxygen atoms in total. The van der Waals surface area contributed by atoms with Crippen LogP contribution in [-0.2, 0) is 22.7 Å². The number of halogens is 4. The molecule has 0 spiro atoms. The van der Waals surface area contributed by atoms with Gasteiger partial charge in [0.1, 0.15) is 11.9 Å². The number of carboxylic acids is 1. The molecule has 1 unspecified atom stereocenters. The Balaban J connectivity index is 0.000000427. The van der Waals surface area contributed by atoms with Crippen LogP contribution in [0.25, 0.3) is 11.0 Å². The van der Waals surface area contributed by atoms with Gasteiger partial charge in [-0.1, -0.05) is 35.9 Å². The molecular formula is C22H21ClF3N3O3. The average molecular weight is 468 g/mol. The lowest BCUT2D eigenvalue weighted by Crippen LogP contribution is -2.36. The minimum Gasteiger partial charge on any atom is -0.480 e. The number of benzene rings is 2. The van der Waals surface area contributed by atoms with Crippen LogP contribution in [0.2, 0.25) is 5.02 Å². The maximum absolute atomic E-state index is 11.5. The topological polar surface area (TPSA) is 75.4 Å². The van der Waals surface area contributed by atoms with Crippen LogP contribution in [0.3, 0.4) is 0 Å². The number of likely N-dealkylation sites (tertiary alicyclic amines) is 1. The fraction of sp³-hybridized carbons (Fsp3) is 0.318. The largest absolute Gasteiger partial charge is 0.480 e. The molecule has 0 radical (unpaired) electrons. The van der Waals surface area contributed by atoms with Crippen molar-refractivity contribution in [3.8, 4) is 0 Å². The lowest BCUT2D eigenvalue weighted by molar-refractivity contribution is -0.156. The van der Waals surface area contributed by atoms with E-state index in [2.05, 4.69) is 10.6 Å². The van der Waals surface area contributed by atoms with Crippen molar-refractivity contribution in [1.29, 1.82) is 0 Å². The van der Waals surface area contributed by atoms with Crippen molar-refractivity contribution in [2.24, 2.45) is 0 Å². The molecule has 1 atom stereocenters. The second-order valence-corrected chi connectivity index (χ2v) is 7.79. The van der Waals surface area contributed by atoms with Crippen molar-refractivity contribution in [2.75, 3.05) is 6.54 Å².